The van der Waals surface area contributed by atoms with Crippen molar-refractivity contribution < 1.29 is 14.0 Å². The zero-order chi connectivity index (χ0) is 20.4. The van der Waals surface area contributed by atoms with Gasteiger partial charge in [0.2, 0.25) is 5.91 Å². The molecule has 4 rings (SSSR count). The number of nitrogens with one attached hydrogen (secondary N) is 2. The number of fused-ring (bicyclic) bond motifs is 1. The molecule has 0 aliphatic carbocycles. The van der Waals surface area contributed by atoms with Crippen LogP contribution in [0.1, 0.15) is 18.4 Å². The number of H-pyrrole nitrogens is 1. The first-order valence-electron chi connectivity index (χ1n) is 9.05. The highest BCUT2D eigenvalue weighted by molar-refractivity contribution is 6.43. The van der Waals surface area contributed by atoms with Crippen molar-refractivity contribution >= 4 is 34.1 Å². The summed E-state index contributed by atoms with van der Waals surface area (Å²) in [5, 5.41) is 8.69. The molecule has 1 aliphatic heterocycles. The van der Waals surface area contributed by atoms with Crippen LogP contribution in [0.2, 0.25) is 0 Å². The molecule has 1 aliphatic rings. The summed E-state index contributed by atoms with van der Waals surface area (Å²) in [6.07, 6.45) is 1.94. The lowest BCUT2D eigenvalue weighted by Crippen LogP contribution is -2.36. The fraction of sp³-hybridized carbons (Fsp3) is 0.143. The van der Waals surface area contributed by atoms with Gasteiger partial charge in [0.1, 0.15) is 11.5 Å². The van der Waals surface area contributed by atoms with Gasteiger partial charge in [-0.1, -0.05) is 12.1 Å². The number of aromatic nitrogens is 1. The summed E-state index contributed by atoms with van der Waals surface area (Å²) < 4.78 is 13.1. The minimum Gasteiger partial charge on any atom is -0.361 e. The molecule has 8 heteroatoms. The molecule has 1 aromatic heterocycles. The smallest absolute Gasteiger partial charge is 0.271 e. The van der Waals surface area contributed by atoms with Gasteiger partial charge >= 0.3 is 0 Å². The number of benzene rings is 2. The lowest BCUT2D eigenvalue weighted by atomic mass is 10.1. The van der Waals surface area contributed by atoms with E-state index in [1.54, 1.807) is 36.5 Å². The molecule has 0 fully saturated rings. The summed E-state index contributed by atoms with van der Waals surface area (Å²) in [6.45, 7) is 0.160. The summed E-state index contributed by atoms with van der Waals surface area (Å²) in [5.41, 5.74) is 1.95. The summed E-state index contributed by atoms with van der Waals surface area (Å²) in [4.78, 5) is 39.5. The van der Waals surface area contributed by atoms with Gasteiger partial charge in [-0.3, -0.25) is 14.4 Å². The van der Waals surface area contributed by atoms with Crippen LogP contribution >= 0.6 is 0 Å². The first kappa shape index (κ1) is 18.5. The largest absolute Gasteiger partial charge is 0.361 e. The van der Waals surface area contributed by atoms with Crippen molar-refractivity contribution in [3.05, 3.63) is 76.3 Å². The summed E-state index contributed by atoms with van der Waals surface area (Å²) >= 11 is 0. The lowest BCUT2D eigenvalue weighted by Gasteiger charge is -2.23. The Labute approximate surface area is 164 Å². The molecule has 0 unspecified atom stereocenters. The number of pyridine rings is 1. The van der Waals surface area contributed by atoms with E-state index in [1.165, 1.54) is 23.2 Å². The van der Waals surface area contributed by atoms with Crippen molar-refractivity contribution in [1.29, 1.82) is 0 Å². The average molecular weight is 392 g/mol. The summed E-state index contributed by atoms with van der Waals surface area (Å²) in [5.74, 6) is -0.979. The van der Waals surface area contributed by atoms with Crippen LogP contribution in [0.5, 0.6) is 0 Å². The standard InChI is InChI=1S/C21H17FN4O3/c22-14-3-1-13(2-4-14)12-26-20(28)8-7-17(25-26)21(29)24-15-5-6-16-18(11-15)23-10-9-19(16)27/h1-6,9-11H,7-8,12H2,(H,23,27)(H,24,29). The number of nitrogens with zero attached hydrogens (tertiary/aromatic N) is 2. The third-order valence-corrected chi connectivity index (χ3v) is 4.63. The Hall–Kier alpha value is -3.81. The highest BCUT2D eigenvalue weighted by Gasteiger charge is 2.24. The second-order valence-electron chi connectivity index (χ2n) is 6.68. The zero-order valence-electron chi connectivity index (χ0n) is 15.3. The molecule has 7 nitrogen and oxygen atoms in total. The van der Waals surface area contributed by atoms with E-state index >= 15 is 0 Å². The fourth-order valence-corrected chi connectivity index (χ4v) is 3.11. The van der Waals surface area contributed by atoms with Gasteiger partial charge in [-0.05, 0) is 35.9 Å². The molecule has 0 bridgehead atoms. The average Bonchev–Trinajstić information content (AvgIpc) is 2.71. The van der Waals surface area contributed by atoms with E-state index < -0.39 is 5.91 Å². The fourth-order valence-electron chi connectivity index (χ4n) is 3.11. The maximum absolute atomic E-state index is 13.1. The lowest BCUT2D eigenvalue weighted by molar-refractivity contribution is -0.132. The van der Waals surface area contributed by atoms with Crippen molar-refractivity contribution in [3.8, 4) is 0 Å². The number of aromatic amines is 1. The SMILES string of the molecule is O=C(Nc1ccc2c(=O)cc[nH]c2c1)C1=NN(Cc2ccc(F)cc2)C(=O)CC1. The molecular weight excluding hydrogens is 375 g/mol. The third kappa shape index (κ3) is 4.06. The van der Waals surface area contributed by atoms with E-state index in [0.717, 1.165) is 0 Å². The van der Waals surface area contributed by atoms with Crippen molar-refractivity contribution in [3.63, 3.8) is 0 Å². The van der Waals surface area contributed by atoms with Gasteiger partial charge in [0.25, 0.3) is 5.91 Å². The molecule has 146 valence electrons. The Morgan fingerprint density at radius 3 is 2.69 bits per heavy atom. The van der Waals surface area contributed by atoms with Gasteiger partial charge in [-0.25, -0.2) is 9.40 Å². The molecule has 2 aromatic carbocycles. The number of halogens is 1. The number of carbonyl (C=O) groups is 2. The number of rotatable bonds is 4. The zero-order valence-corrected chi connectivity index (χ0v) is 15.3. The Bertz CT molecular complexity index is 1180. The van der Waals surface area contributed by atoms with Crippen LogP contribution in [-0.2, 0) is 16.1 Å². The van der Waals surface area contributed by atoms with E-state index in [9.17, 15) is 18.8 Å². The number of hydrazone groups is 1. The van der Waals surface area contributed by atoms with Crippen LogP contribution in [-0.4, -0.2) is 27.5 Å². The normalized spacial score (nSPS) is 14.0. The maximum Gasteiger partial charge on any atom is 0.271 e. The van der Waals surface area contributed by atoms with Crippen LogP contribution in [0.4, 0.5) is 10.1 Å². The van der Waals surface area contributed by atoms with Gasteiger partial charge < -0.3 is 10.3 Å². The molecule has 0 spiro atoms. The molecule has 0 saturated heterocycles. The van der Waals surface area contributed by atoms with Crippen LogP contribution in [0.15, 0.2) is 64.6 Å². The van der Waals surface area contributed by atoms with Gasteiger partial charge in [0, 0.05) is 36.2 Å². The van der Waals surface area contributed by atoms with E-state index in [1.807, 2.05) is 0 Å². The number of carbonyl (C=O) groups excluding carboxylic acids is 2. The molecular formula is C21H17FN4O3. The highest BCUT2D eigenvalue weighted by Crippen LogP contribution is 2.17. The van der Waals surface area contributed by atoms with Crippen molar-refractivity contribution in [2.45, 2.75) is 19.4 Å². The monoisotopic (exact) mass is 392 g/mol. The second-order valence-corrected chi connectivity index (χ2v) is 6.68. The first-order valence-corrected chi connectivity index (χ1v) is 9.05. The number of amides is 2. The van der Waals surface area contributed by atoms with Crippen LogP contribution < -0.4 is 10.7 Å². The van der Waals surface area contributed by atoms with Crippen molar-refractivity contribution in [2.24, 2.45) is 5.10 Å². The Morgan fingerprint density at radius 2 is 1.90 bits per heavy atom. The van der Waals surface area contributed by atoms with Crippen molar-refractivity contribution in [1.82, 2.24) is 9.99 Å². The molecule has 3 aromatic rings. The van der Waals surface area contributed by atoms with E-state index in [-0.39, 0.29) is 42.3 Å². The second kappa shape index (κ2) is 7.67. The minimum absolute atomic E-state index is 0.108. The minimum atomic E-state index is -0.417. The van der Waals surface area contributed by atoms with Crippen molar-refractivity contribution in [2.75, 3.05) is 5.32 Å². The highest BCUT2D eigenvalue weighted by atomic mass is 19.1. The maximum atomic E-state index is 13.1. The van der Waals surface area contributed by atoms with Crippen LogP contribution in [0.25, 0.3) is 10.9 Å². The third-order valence-electron chi connectivity index (χ3n) is 4.63. The summed E-state index contributed by atoms with van der Waals surface area (Å²) in [7, 11) is 0. The van der Waals surface area contributed by atoms with E-state index in [0.29, 0.717) is 22.2 Å². The molecule has 0 atom stereocenters. The molecule has 2 N–H and O–H groups in total. The van der Waals surface area contributed by atoms with Gasteiger partial charge in [-0.15, -0.1) is 0 Å². The quantitative estimate of drug-likeness (QED) is 0.715. The van der Waals surface area contributed by atoms with E-state index in [2.05, 4.69) is 15.4 Å². The molecule has 29 heavy (non-hydrogen) atoms. The first-order chi connectivity index (χ1) is 14.0. The van der Waals surface area contributed by atoms with Gasteiger partial charge in [0.15, 0.2) is 5.43 Å². The topological polar surface area (TPSA) is 94.6 Å². The Morgan fingerprint density at radius 1 is 1.10 bits per heavy atom. The van der Waals surface area contributed by atoms with E-state index in [4.69, 9.17) is 0 Å². The Balaban J connectivity index is 1.52. The number of hydrogen-bond donors (Lipinski definition) is 2. The van der Waals surface area contributed by atoms with Gasteiger partial charge in [-0.2, -0.15) is 5.10 Å². The predicted octanol–water partition coefficient (Wildman–Crippen LogP) is 2.78. The number of hydrogen-bond acceptors (Lipinski definition) is 4. The molecule has 2 heterocycles. The van der Waals surface area contributed by atoms with Gasteiger partial charge in [0.05, 0.1) is 12.1 Å². The van der Waals surface area contributed by atoms with Crippen LogP contribution in [0.3, 0.4) is 0 Å². The Kier molecular flexibility index (Phi) is 4.90. The molecule has 2 amide bonds. The molecule has 0 saturated carbocycles. The number of anilines is 1. The van der Waals surface area contributed by atoms with Crippen LogP contribution in [0, 0.1) is 5.82 Å². The summed E-state index contributed by atoms with van der Waals surface area (Å²) in [6, 6.07) is 12.1. The molecule has 0 radical (unpaired) electrons. The predicted molar refractivity (Wildman–Crippen MR) is 107 cm³/mol.